The van der Waals surface area contributed by atoms with Crippen molar-refractivity contribution in [2.24, 2.45) is 0 Å². The minimum absolute atomic E-state index is 0.290. The number of ether oxygens (including phenoxy) is 2. The lowest BCUT2D eigenvalue weighted by Crippen LogP contribution is -2.43. The Labute approximate surface area is 180 Å². The van der Waals surface area contributed by atoms with Crippen LogP contribution in [0.5, 0.6) is 5.75 Å². The summed E-state index contributed by atoms with van der Waals surface area (Å²) in [6.07, 6.45) is 0.290. The van der Waals surface area contributed by atoms with Crippen molar-refractivity contribution in [2.45, 2.75) is 12.5 Å². The maximum atomic E-state index is 13.5. The van der Waals surface area contributed by atoms with Gasteiger partial charge in [-0.15, -0.1) is 0 Å². The smallest absolute Gasteiger partial charge is 0.328 e. The first-order chi connectivity index (χ1) is 15.1. The number of hydrogen-bond donors (Lipinski definition) is 1. The zero-order chi connectivity index (χ0) is 21.8. The lowest BCUT2D eigenvalue weighted by Gasteiger charge is -2.19. The van der Waals surface area contributed by atoms with Gasteiger partial charge in [0.15, 0.2) is 0 Å². The van der Waals surface area contributed by atoms with Crippen LogP contribution in [-0.4, -0.2) is 32.1 Å². The molecule has 0 spiro atoms. The number of methoxy groups -OCH3 is 2. The summed E-state index contributed by atoms with van der Waals surface area (Å²) in [5.74, 6) is -0.125. The number of amides is 1. The fraction of sp³-hybridized carbons (Fsp3) is 0.154. The van der Waals surface area contributed by atoms with Crippen LogP contribution >= 0.6 is 0 Å². The second-order valence-electron chi connectivity index (χ2n) is 7.30. The molecular weight excluding hydrogens is 390 g/mol. The molecule has 0 unspecified atom stereocenters. The number of nitrogens with one attached hydrogen (secondary N) is 1. The molecule has 0 fully saturated rings. The van der Waals surface area contributed by atoms with Crippen molar-refractivity contribution in [3.8, 4) is 5.75 Å². The molecule has 0 saturated carbocycles. The number of hydrogen-bond acceptors (Lipinski definition) is 4. The zero-order valence-corrected chi connectivity index (χ0v) is 17.4. The van der Waals surface area contributed by atoms with Crippen LogP contribution in [0.2, 0.25) is 0 Å². The summed E-state index contributed by atoms with van der Waals surface area (Å²) in [4.78, 5) is 26.0. The van der Waals surface area contributed by atoms with Gasteiger partial charge in [-0.3, -0.25) is 4.79 Å². The van der Waals surface area contributed by atoms with Gasteiger partial charge in [0.25, 0.3) is 5.91 Å². The molecule has 0 radical (unpaired) electrons. The normalized spacial score (nSPS) is 11.8. The van der Waals surface area contributed by atoms with Crippen LogP contribution in [0.25, 0.3) is 21.5 Å². The zero-order valence-electron chi connectivity index (χ0n) is 17.4. The minimum atomic E-state index is -0.831. The van der Waals surface area contributed by atoms with Gasteiger partial charge >= 0.3 is 5.97 Å². The molecule has 0 aliphatic rings. The van der Waals surface area contributed by atoms with Gasteiger partial charge in [0.2, 0.25) is 0 Å². The lowest BCUT2D eigenvalue weighted by atomic mass is 9.95. The maximum absolute atomic E-state index is 13.5. The Morgan fingerprint density at radius 3 is 2.10 bits per heavy atom. The molecule has 0 heterocycles. The topological polar surface area (TPSA) is 64.6 Å². The van der Waals surface area contributed by atoms with Crippen LogP contribution in [0.3, 0.4) is 0 Å². The minimum Gasteiger partial charge on any atom is -0.497 e. The SMILES string of the molecule is COC(=O)[C@@H](Cc1cccc(OC)c1)NC(=O)c1c2ccccc2cc2ccccc12. The highest BCUT2D eigenvalue weighted by Crippen LogP contribution is 2.28. The molecule has 1 amide bonds. The maximum Gasteiger partial charge on any atom is 0.328 e. The molecule has 1 N–H and O–H groups in total. The number of fused-ring (bicyclic) bond motifs is 2. The Bertz CT molecular complexity index is 1210. The lowest BCUT2D eigenvalue weighted by molar-refractivity contribution is -0.142. The van der Waals surface area contributed by atoms with Crippen LogP contribution in [0.15, 0.2) is 78.9 Å². The molecule has 0 saturated heterocycles. The number of carbonyl (C=O) groups is 2. The standard InChI is InChI=1S/C26H23NO4/c1-30-20-11-7-8-17(14-20)15-23(26(29)31-2)27-25(28)24-21-12-5-3-9-18(21)16-19-10-4-6-13-22(19)24/h3-14,16,23H,15H2,1-2H3,(H,27,28)/t23-/m1/s1. The second kappa shape index (κ2) is 8.88. The van der Waals surface area contributed by atoms with E-state index in [1.807, 2.05) is 72.8 Å². The van der Waals surface area contributed by atoms with E-state index in [9.17, 15) is 9.59 Å². The van der Waals surface area contributed by atoms with Gasteiger partial charge in [0.1, 0.15) is 11.8 Å². The van der Waals surface area contributed by atoms with E-state index in [4.69, 9.17) is 9.47 Å². The summed E-state index contributed by atoms with van der Waals surface area (Å²) in [6.45, 7) is 0. The summed E-state index contributed by atoms with van der Waals surface area (Å²) in [7, 11) is 2.91. The van der Waals surface area contributed by atoms with E-state index in [1.54, 1.807) is 7.11 Å². The highest BCUT2D eigenvalue weighted by Gasteiger charge is 2.25. The van der Waals surface area contributed by atoms with Gasteiger partial charge in [0.05, 0.1) is 19.8 Å². The predicted octanol–water partition coefficient (Wildman–Crippen LogP) is 4.52. The van der Waals surface area contributed by atoms with Crippen molar-refractivity contribution in [1.29, 1.82) is 0 Å². The van der Waals surface area contributed by atoms with Crippen LogP contribution in [-0.2, 0) is 16.0 Å². The number of rotatable bonds is 6. The number of carbonyl (C=O) groups excluding carboxylic acids is 2. The van der Waals surface area contributed by atoms with E-state index in [0.717, 1.165) is 27.1 Å². The Morgan fingerprint density at radius 2 is 1.48 bits per heavy atom. The molecule has 4 rings (SSSR count). The van der Waals surface area contributed by atoms with Crippen LogP contribution < -0.4 is 10.1 Å². The first-order valence-electron chi connectivity index (χ1n) is 10.0. The molecule has 5 heteroatoms. The molecule has 4 aromatic carbocycles. The Balaban J connectivity index is 1.73. The van der Waals surface area contributed by atoms with E-state index in [2.05, 4.69) is 11.4 Å². The summed E-state index contributed by atoms with van der Waals surface area (Å²) < 4.78 is 10.2. The molecule has 0 aliphatic heterocycles. The first-order valence-corrected chi connectivity index (χ1v) is 10.0. The quantitative estimate of drug-likeness (QED) is 0.373. The predicted molar refractivity (Wildman–Crippen MR) is 121 cm³/mol. The molecule has 31 heavy (non-hydrogen) atoms. The van der Waals surface area contributed by atoms with Crippen molar-refractivity contribution < 1.29 is 19.1 Å². The molecule has 4 aromatic rings. The first kappa shape index (κ1) is 20.4. The molecule has 0 bridgehead atoms. The number of benzene rings is 4. The van der Waals surface area contributed by atoms with Gasteiger partial charge in [-0.2, -0.15) is 0 Å². The third-order valence-electron chi connectivity index (χ3n) is 5.36. The highest BCUT2D eigenvalue weighted by molar-refractivity contribution is 6.18. The van der Waals surface area contributed by atoms with Gasteiger partial charge in [-0.05, 0) is 45.3 Å². The Kier molecular flexibility index (Phi) is 5.85. The van der Waals surface area contributed by atoms with E-state index < -0.39 is 12.0 Å². The molecular formula is C26H23NO4. The Morgan fingerprint density at radius 1 is 0.839 bits per heavy atom. The van der Waals surface area contributed by atoms with Crippen molar-refractivity contribution >= 4 is 33.4 Å². The van der Waals surface area contributed by atoms with E-state index in [1.165, 1.54) is 7.11 Å². The molecule has 0 aliphatic carbocycles. The van der Waals surface area contributed by atoms with Crippen LogP contribution in [0.1, 0.15) is 15.9 Å². The third-order valence-corrected chi connectivity index (χ3v) is 5.36. The van der Waals surface area contributed by atoms with Crippen molar-refractivity contribution in [2.75, 3.05) is 14.2 Å². The van der Waals surface area contributed by atoms with Crippen LogP contribution in [0, 0.1) is 0 Å². The van der Waals surface area contributed by atoms with E-state index in [-0.39, 0.29) is 12.3 Å². The summed E-state index contributed by atoms with van der Waals surface area (Å²) >= 11 is 0. The van der Waals surface area contributed by atoms with Gasteiger partial charge in [0, 0.05) is 6.42 Å². The van der Waals surface area contributed by atoms with Crippen molar-refractivity contribution in [3.63, 3.8) is 0 Å². The van der Waals surface area contributed by atoms with Gasteiger partial charge in [-0.1, -0.05) is 60.7 Å². The average molecular weight is 413 g/mol. The second-order valence-corrected chi connectivity index (χ2v) is 7.30. The molecule has 0 aromatic heterocycles. The molecule has 5 nitrogen and oxygen atoms in total. The van der Waals surface area contributed by atoms with Gasteiger partial charge < -0.3 is 14.8 Å². The molecule has 1 atom stereocenters. The van der Waals surface area contributed by atoms with E-state index >= 15 is 0 Å². The van der Waals surface area contributed by atoms with Crippen molar-refractivity contribution in [3.05, 3.63) is 90.0 Å². The average Bonchev–Trinajstić information content (AvgIpc) is 2.81. The fourth-order valence-electron chi connectivity index (χ4n) is 3.86. The Hall–Kier alpha value is -3.86. The fourth-order valence-corrected chi connectivity index (χ4v) is 3.86. The van der Waals surface area contributed by atoms with Crippen molar-refractivity contribution in [1.82, 2.24) is 5.32 Å². The van der Waals surface area contributed by atoms with Gasteiger partial charge in [-0.25, -0.2) is 4.79 Å². The number of esters is 1. The third kappa shape index (κ3) is 4.21. The van der Waals surface area contributed by atoms with E-state index in [0.29, 0.717) is 11.3 Å². The monoisotopic (exact) mass is 413 g/mol. The summed E-state index contributed by atoms with van der Waals surface area (Å²) in [6, 6.07) is 24.1. The summed E-state index contributed by atoms with van der Waals surface area (Å²) in [5.41, 5.74) is 1.41. The summed E-state index contributed by atoms with van der Waals surface area (Å²) in [5, 5.41) is 6.51. The largest absolute Gasteiger partial charge is 0.497 e. The highest BCUT2D eigenvalue weighted by atomic mass is 16.5. The van der Waals surface area contributed by atoms with Crippen LogP contribution in [0.4, 0.5) is 0 Å². The molecule has 156 valence electrons.